The highest BCUT2D eigenvalue weighted by atomic mass is 35.5. The number of halogens is 2. The second-order valence-corrected chi connectivity index (χ2v) is 7.60. The number of hydrogen-bond acceptors (Lipinski definition) is 5. The molecule has 0 saturated carbocycles. The first-order valence-corrected chi connectivity index (χ1v) is 10.1. The van der Waals surface area contributed by atoms with Crippen molar-refractivity contribution in [2.45, 2.75) is 27.3 Å². The van der Waals surface area contributed by atoms with E-state index in [1.165, 1.54) is 6.08 Å². The zero-order valence-corrected chi connectivity index (χ0v) is 19.2. The van der Waals surface area contributed by atoms with E-state index >= 15 is 0 Å². The molecule has 0 radical (unpaired) electrons. The molecule has 1 aromatic carbocycles. The van der Waals surface area contributed by atoms with Crippen LogP contribution in [0.2, 0.25) is 10.0 Å². The highest BCUT2D eigenvalue weighted by Gasteiger charge is 2.17. The minimum Gasteiger partial charge on any atom is -0.451 e. The fourth-order valence-electron chi connectivity index (χ4n) is 2.95. The summed E-state index contributed by atoms with van der Waals surface area (Å²) >= 11 is 12.2. The van der Waals surface area contributed by atoms with Gasteiger partial charge >= 0.3 is 5.97 Å². The number of carbonyl (C=O) groups is 2. The van der Waals surface area contributed by atoms with Gasteiger partial charge in [0, 0.05) is 25.0 Å². The van der Waals surface area contributed by atoms with Crippen LogP contribution in [-0.4, -0.2) is 36.8 Å². The van der Waals surface area contributed by atoms with Gasteiger partial charge in [0.15, 0.2) is 6.61 Å². The Hall–Kier alpha value is -2.79. The Balaban J connectivity index is 2.08. The van der Waals surface area contributed by atoms with Gasteiger partial charge in [0.1, 0.15) is 11.6 Å². The quantitative estimate of drug-likeness (QED) is 0.354. The van der Waals surface area contributed by atoms with Crippen LogP contribution >= 0.6 is 23.2 Å². The van der Waals surface area contributed by atoms with Crippen LogP contribution in [0.3, 0.4) is 0 Å². The Morgan fingerprint density at radius 2 is 1.97 bits per heavy atom. The molecule has 1 N–H and O–H groups in total. The number of nitriles is 1. The van der Waals surface area contributed by atoms with Gasteiger partial charge in [-0.15, -0.1) is 0 Å². The molecule has 2 aromatic rings. The van der Waals surface area contributed by atoms with Crippen LogP contribution in [0.15, 0.2) is 23.8 Å². The molecular formula is C22H23Cl2N3O4. The van der Waals surface area contributed by atoms with Gasteiger partial charge < -0.3 is 19.4 Å². The van der Waals surface area contributed by atoms with Gasteiger partial charge in [-0.25, -0.2) is 4.79 Å². The van der Waals surface area contributed by atoms with Gasteiger partial charge in [-0.05, 0) is 50.1 Å². The van der Waals surface area contributed by atoms with E-state index in [0.717, 1.165) is 17.0 Å². The number of nitrogens with one attached hydrogen (secondary N) is 1. The molecule has 0 aliphatic carbocycles. The second kappa shape index (κ2) is 11.0. The zero-order valence-electron chi connectivity index (χ0n) is 17.7. The molecule has 0 unspecified atom stereocenters. The third-order valence-corrected chi connectivity index (χ3v) is 5.46. The first kappa shape index (κ1) is 24.5. The number of rotatable bonds is 8. The Morgan fingerprint density at radius 3 is 2.61 bits per heavy atom. The molecule has 0 spiro atoms. The molecular weight excluding hydrogens is 441 g/mol. The summed E-state index contributed by atoms with van der Waals surface area (Å²) in [6.45, 7) is 6.18. The average Bonchev–Trinajstić information content (AvgIpc) is 3.01. The van der Waals surface area contributed by atoms with Gasteiger partial charge in [-0.1, -0.05) is 29.3 Å². The summed E-state index contributed by atoms with van der Waals surface area (Å²) in [7, 11) is 1.62. The van der Waals surface area contributed by atoms with Crippen LogP contribution < -0.4 is 5.32 Å². The first-order chi connectivity index (χ1) is 14.7. The highest BCUT2D eigenvalue weighted by Crippen LogP contribution is 2.32. The topological polar surface area (TPSA) is 93.3 Å². The van der Waals surface area contributed by atoms with Gasteiger partial charge in [0.25, 0.3) is 5.91 Å². The smallest absolute Gasteiger partial charge is 0.349 e. The standard InChI is InChI=1S/C22H23Cl2N3O4/c1-13-5-6-18(23)21(20(13)24)26-19(28)12-31-22(29)17(11-25)10-16-9-14(2)27(15(16)3)7-8-30-4/h5-6,9-10H,7-8,12H2,1-4H3,(H,26,28). The zero-order chi connectivity index (χ0) is 23.1. The summed E-state index contributed by atoms with van der Waals surface area (Å²) in [5.74, 6) is -1.53. The molecule has 9 heteroatoms. The lowest BCUT2D eigenvalue weighted by atomic mass is 10.1. The van der Waals surface area contributed by atoms with Gasteiger partial charge in [-0.2, -0.15) is 5.26 Å². The molecule has 1 amide bonds. The van der Waals surface area contributed by atoms with E-state index in [9.17, 15) is 14.9 Å². The fraction of sp³-hybridized carbons (Fsp3) is 0.318. The monoisotopic (exact) mass is 463 g/mol. The summed E-state index contributed by atoms with van der Waals surface area (Å²) in [5.41, 5.74) is 3.32. The number of nitrogens with zero attached hydrogens (tertiary/aromatic N) is 2. The van der Waals surface area contributed by atoms with Crippen molar-refractivity contribution in [2.75, 3.05) is 25.6 Å². The van der Waals surface area contributed by atoms with Crippen molar-refractivity contribution in [3.63, 3.8) is 0 Å². The van der Waals surface area contributed by atoms with Crippen LogP contribution in [0.1, 0.15) is 22.5 Å². The van der Waals surface area contributed by atoms with E-state index in [1.54, 1.807) is 26.2 Å². The number of benzene rings is 1. The number of carbonyl (C=O) groups excluding carboxylic acids is 2. The van der Waals surface area contributed by atoms with Gasteiger partial charge in [0.05, 0.1) is 22.3 Å². The van der Waals surface area contributed by atoms with Crippen molar-refractivity contribution in [2.24, 2.45) is 0 Å². The van der Waals surface area contributed by atoms with Crippen LogP contribution in [0, 0.1) is 32.1 Å². The van der Waals surface area contributed by atoms with Crippen molar-refractivity contribution < 1.29 is 19.1 Å². The Kier molecular flexibility index (Phi) is 8.69. The minimum absolute atomic E-state index is 0.216. The maximum atomic E-state index is 12.3. The molecule has 164 valence electrons. The molecule has 7 nitrogen and oxygen atoms in total. The predicted octanol–water partition coefficient (Wildman–Crippen LogP) is 4.46. The largest absolute Gasteiger partial charge is 0.451 e. The molecule has 0 aliphatic rings. The fourth-order valence-corrected chi connectivity index (χ4v) is 3.41. The molecule has 1 aromatic heterocycles. The van der Waals surface area contributed by atoms with E-state index in [-0.39, 0.29) is 16.3 Å². The van der Waals surface area contributed by atoms with E-state index in [2.05, 4.69) is 5.32 Å². The number of aryl methyl sites for hydroxylation is 2. The highest BCUT2D eigenvalue weighted by molar-refractivity contribution is 6.40. The summed E-state index contributed by atoms with van der Waals surface area (Å²) in [4.78, 5) is 24.5. The Morgan fingerprint density at radius 1 is 1.26 bits per heavy atom. The summed E-state index contributed by atoms with van der Waals surface area (Å²) < 4.78 is 12.1. The van der Waals surface area contributed by atoms with E-state index in [1.807, 2.05) is 30.6 Å². The number of aromatic nitrogens is 1. The lowest BCUT2D eigenvalue weighted by Crippen LogP contribution is -2.21. The van der Waals surface area contributed by atoms with Crippen LogP contribution in [0.4, 0.5) is 5.69 Å². The maximum Gasteiger partial charge on any atom is 0.349 e. The SMILES string of the molecule is COCCn1c(C)cc(C=C(C#N)C(=O)OCC(=O)Nc2c(Cl)ccc(C)c2Cl)c1C. The number of anilines is 1. The van der Waals surface area contributed by atoms with Crippen molar-refractivity contribution in [1.29, 1.82) is 5.26 Å². The summed E-state index contributed by atoms with van der Waals surface area (Å²) in [5, 5.41) is 12.5. The molecule has 1 heterocycles. The van der Waals surface area contributed by atoms with Gasteiger partial charge in [-0.3, -0.25) is 4.79 Å². The summed E-state index contributed by atoms with van der Waals surface area (Å²) in [6.07, 6.45) is 1.44. The maximum absolute atomic E-state index is 12.3. The molecule has 0 fully saturated rings. The molecule has 0 bridgehead atoms. The lowest BCUT2D eigenvalue weighted by molar-refractivity contribution is -0.142. The third kappa shape index (κ3) is 6.11. The number of methoxy groups -OCH3 is 1. The van der Waals surface area contributed by atoms with E-state index in [4.69, 9.17) is 32.7 Å². The van der Waals surface area contributed by atoms with Crippen LogP contribution in [0.5, 0.6) is 0 Å². The number of hydrogen-bond donors (Lipinski definition) is 1. The van der Waals surface area contributed by atoms with Crippen molar-refractivity contribution in [3.8, 4) is 6.07 Å². The molecule has 2 rings (SSSR count). The minimum atomic E-state index is -0.902. The molecule has 31 heavy (non-hydrogen) atoms. The van der Waals surface area contributed by atoms with Crippen molar-refractivity contribution in [3.05, 3.63) is 56.3 Å². The average molecular weight is 464 g/mol. The number of esters is 1. The number of amides is 1. The van der Waals surface area contributed by atoms with Crippen molar-refractivity contribution in [1.82, 2.24) is 4.57 Å². The third-order valence-electron chi connectivity index (χ3n) is 4.65. The molecule has 0 aliphatic heterocycles. The summed E-state index contributed by atoms with van der Waals surface area (Å²) in [6, 6.07) is 7.01. The van der Waals surface area contributed by atoms with E-state index in [0.29, 0.717) is 23.7 Å². The lowest BCUT2D eigenvalue weighted by Gasteiger charge is -2.11. The number of ether oxygens (including phenoxy) is 2. The predicted molar refractivity (Wildman–Crippen MR) is 120 cm³/mol. The normalized spacial score (nSPS) is 11.2. The first-order valence-electron chi connectivity index (χ1n) is 9.38. The molecule has 0 atom stereocenters. The van der Waals surface area contributed by atoms with E-state index < -0.39 is 18.5 Å². The van der Waals surface area contributed by atoms with Gasteiger partial charge in [0.2, 0.25) is 0 Å². The second-order valence-electron chi connectivity index (χ2n) is 6.82. The van der Waals surface area contributed by atoms with Crippen molar-refractivity contribution >= 4 is 46.8 Å². The molecule has 0 saturated heterocycles. The van der Waals surface area contributed by atoms with Crippen LogP contribution in [-0.2, 0) is 25.6 Å². The Bertz CT molecular complexity index is 1070. The van der Waals surface area contributed by atoms with Crippen LogP contribution in [0.25, 0.3) is 6.08 Å². The Labute approximate surface area is 191 Å².